The van der Waals surface area contributed by atoms with E-state index in [0.717, 1.165) is 22.4 Å². The molecule has 0 fully saturated rings. The minimum absolute atomic E-state index is 0.776. The van der Waals surface area contributed by atoms with E-state index in [-0.39, 0.29) is 0 Å². The van der Waals surface area contributed by atoms with Crippen molar-refractivity contribution >= 4 is 10.9 Å². The third kappa shape index (κ3) is 1.74. The zero-order valence-electron chi connectivity index (χ0n) is 10.4. The molecule has 3 nitrogen and oxygen atoms in total. The van der Waals surface area contributed by atoms with Gasteiger partial charge >= 0.3 is 0 Å². The van der Waals surface area contributed by atoms with E-state index in [9.17, 15) is 0 Å². The normalized spacial score (nSPS) is 10.8. The maximum Gasteiger partial charge on any atom is 0.137 e. The van der Waals surface area contributed by atoms with E-state index >= 15 is 0 Å². The van der Waals surface area contributed by atoms with Crippen molar-refractivity contribution in [1.82, 2.24) is 9.97 Å². The van der Waals surface area contributed by atoms with Crippen molar-refractivity contribution in [3.05, 3.63) is 48.4 Å². The first-order chi connectivity index (χ1) is 8.78. The van der Waals surface area contributed by atoms with Gasteiger partial charge < -0.3 is 9.72 Å². The number of aryl methyl sites for hydroxylation is 1. The van der Waals surface area contributed by atoms with Crippen molar-refractivity contribution < 1.29 is 4.74 Å². The zero-order valence-corrected chi connectivity index (χ0v) is 10.4. The molecule has 2 heterocycles. The number of rotatable bonds is 2. The third-order valence-electron chi connectivity index (χ3n) is 3.17. The predicted octanol–water partition coefficient (Wildman–Crippen LogP) is 3.55. The van der Waals surface area contributed by atoms with Crippen molar-refractivity contribution in [2.24, 2.45) is 0 Å². The monoisotopic (exact) mass is 238 g/mol. The van der Waals surface area contributed by atoms with E-state index in [2.05, 4.69) is 35.1 Å². The Labute approximate surface area is 105 Å². The van der Waals surface area contributed by atoms with Crippen LogP contribution >= 0.6 is 0 Å². The average Bonchev–Trinajstić information content (AvgIpc) is 2.80. The molecule has 3 aromatic rings. The largest absolute Gasteiger partial charge is 0.495 e. The molecule has 0 radical (unpaired) electrons. The van der Waals surface area contributed by atoms with Gasteiger partial charge in [-0.25, -0.2) is 0 Å². The van der Waals surface area contributed by atoms with Gasteiger partial charge in [-0.1, -0.05) is 6.07 Å². The van der Waals surface area contributed by atoms with Gasteiger partial charge in [-0.3, -0.25) is 4.98 Å². The van der Waals surface area contributed by atoms with Gasteiger partial charge in [0, 0.05) is 28.9 Å². The number of aromatic amines is 1. The Balaban J connectivity index is 2.15. The van der Waals surface area contributed by atoms with Gasteiger partial charge in [0.15, 0.2) is 0 Å². The fourth-order valence-corrected chi connectivity index (χ4v) is 2.13. The number of pyridine rings is 1. The molecule has 1 N–H and O–H groups in total. The maximum atomic E-state index is 5.20. The van der Waals surface area contributed by atoms with Crippen LogP contribution in [0.15, 0.2) is 42.9 Å². The van der Waals surface area contributed by atoms with Gasteiger partial charge in [-0.15, -0.1) is 0 Å². The summed E-state index contributed by atoms with van der Waals surface area (Å²) in [5.41, 5.74) is 4.63. The van der Waals surface area contributed by atoms with Gasteiger partial charge in [0.25, 0.3) is 0 Å². The van der Waals surface area contributed by atoms with Crippen LogP contribution in [0.4, 0.5) is 0 Å². The van der Waals surface area contributed by atoms with Crippen LogP contribution < -0.4 is 4.74 Å². The Bertz CT molecular complexity index is 701. The predicted molar refractivity (Wildman–Crippen MR) is 72.8 cm³/mol. The highest BCUT2D eigenvalue weighted by Gasteiger charge is 2.04. The molecule has 0 unspecified atom stereocenters. The molecule has 0 aliphatic heterocycles. The number of fused-ring (bicyclic) bond motifs is 1. The summed E-state index contributed by atoms with van der Waals surface area (Å²) in [6.45, 7) is 2.10. The Morgan fingerprint density at radius 2 is 2.00 bits per heavy atom. The number of benzene rings is 1. The highest BCUT2D eigenvalue weighted by Crippen LogP contribution is 2.27. The smallest absolute Gasteiger partial charge is 0.137 e. The molecule has 0 bridgehead atoms. The maximum absolute atomic E-state index is 5.20. The summed E-state index contributed by atoms with van der Waals surface area (Å²) in [5, 5.41) is 1.25. The molecular weight excluding hydrogens is 224 g/mol. The van der Waals surface area contributed by atoms with E-state index in [1.807, 2.05) is 18.5 Å². The van der Waals surface area contributed by atoms with E-state index < -0.39 is 0 Å². The SMILES string of the molecule is COc1cncc(-c2ccc3[nH]cc(C)c3c2)c1. The lowest BCUT2D eigenvalue weighted by Crippen LogP contribution is -1.86. The third-order valence-corrected chi connectivity index (χ3v) is 3.17. The number of methoxy groups -OCH3 is 1. The van der Waals surface area contributed by atoms with Gasteiger partial charge in [0.1, 0.15) is 5.75 Å². The molecule has 0 spiro atoms. The van der Waals surface area contributed by atoms with Crippen molar-refractivity contribution in [2.75, 3.05) is 7.11 Å². The van der Waals surface area contributed by atoms with Crippen LogP contribution in [0.5, 0.6) is 5.75 Å². The number of hydrogen-bond donors (Lipinski definition) is 1. The molecule has 1 aromatic carbocycles. The van der Waals surface area contributed by atoms with Crippen LogP contribution in [0.1, 0.15) is 5.56 Å². The van der Waals surface area contributed by atoms with Crippen LogP contribution in [-0.2, 0) is 0 Å². The molecule has 0 aliphatic rings. The fourth-order valence-electron chi connectivity index (χ4n) is 2.13. The summed E-state index contributed by atoms with van der Waals surface area (Å²) in [6, 6.07) is 8.36. The van der Waals surface area contributed by atoms with Crippen molar-refractivity contribution in [2.45, 2.75) is 6.92 Å². The van der Waals surface area contributed by atoms with Crippen LogP contribution in [0.25, 0.3) is 22.0 Å². The van der Waals surface area contributed by atoms with E-state index in [1.165, 1.54) is 10.9 Å². The number of ether oxygens (including phenoxy) is 1. The molecule has 18 heavy (non-hydrogen) atoms. The number of nitrogens with one attached hydrogen (secondary N) is 1. The van der Waals surface area contributed by atoms with Gasteiger partial charge in [-0.2, -0.15) is 0 Å². The molecule has 0 aliphatic carbocycles. The summed E-state index contributed by atoms with van der Waals surface area (Å²) in [4.78, 5) is 7.44. The van der Waals surface area contributed by atoms with Crippen LogP contribution in [0, 0.1) is 6.92 Å². The van der Waals surface area contributed by atoms with Gasteiger partial charge in [0.2, 0.25) is 0 Å². The Morgan fingerprint density at radius 1 is 1.11 bits per heavy atom. The lowest BCUT2D eigenvalue weighted by molar-refractivity contribution is 0.413. The Hall–Kier alpha value is -2.29. The highest BCUT2D eigenvalue weighted by molar-refractivity contribution is 5.87. The first kappa shape index (κ1) is 10.8. The van der Waals surface area contributed by atoms with Crippen LogP contribution in [-0.4, -0.2) is 17.1 Å². The Kier molecular flexibility index (Phi) is 2.52. The summed E-state index contributed by atoms with van der Waals surface area (Å²) in [6.07, 6.45) is 5.59. The minimum atomic E-state index is 0.776. The second-order valence-corrected chi connectivity index (χ2v) is 4.35. The summed E-state index contributed by atoms with van der Waals surface area (Å²) in [7, 11) is 1.65. The number of hydrogen-bond acceptors (Lipinski definition) is 2. The van der Waals surface area contributed by atoms with E-state index in [0.29, 0.717) is 0 Å². The Morgan fingerprint density at radius 3 is 2.83 bits per heavy atom. The average molecular weight is 238 g/mol. The molecule has 2 aromatic heterocycles. The van der Waals surface area contributed by atoms with Crippen LogP contribution in [0.3, 0.4) is 0 Å². The van der Waals surface area contributed by atoms with Gasteiger partial charge in [-0.05, 0) is 36.2 Å². The quantitative estimate of drug-likeness (QED) is 0.741. The molecule has 90 valence electrons. The number of aromatic nitrogens is 2. The second-order valence-electron chi connectivity index (χ2n) is 4.35. The summed E-state index contributed by atoms with van der Waals surface area (Å²) in [5.74, 6) is 0.776. The van der Waals surface area contributed by atoms with Gasteiger partial charge in [0.05, 0.1) is 13.3 Å². The molecule has 3 rings (SSSR count). The molecule has 0 amide bonds. The van der Waals surface area contributed by atoms with Crippen molar-refractivity contribution in [3.8, 4) is 16.9 Å². The number of nitrogens with zero attached hydrogens (tertiary/aromatic N) is 1. The second kappa shape index (κ2) is 4.18. The molecule has 0 atom stereocenters. The van der Waals surface area contributed by atoms with Crippen molar-refractivity contribution in [3.63, 3.8) is 0 Å². The molecule has 0 saturated heterocycles. The van der Waals surface area contributed by atoms with Crippen molar-refractivity contribution in [1.29, 1.82) is 0 Å². The topological polar surface area (TPSA) is 37.9 Å². The fraction of sp³-hybridized carbons (Fsp3) is 0.133. The summed E-state index contributed by atoms with van der Waals surface area (Å²) >= 11 is 0. The van der Waals surface area contributed by atoms with Crippen LogP contribution in [0.2, 0.25) is 0 Å². The minimum Gasteiger partial charge on any atom is -0.495 e. The van der Waals surface area contributed by atoms with E-state index in [1.54, 1.807) is 13.3 Å². The first-order valence-electron chi connectivity index (χ1n) is 5.85. The highest BCUT2D eigenvalue weighted by atomic mass is 16.5. The number of H-pyrrole nitrogens is 1. The first-order valence-corrected chi connectivity index (χ1v) is 5.85. The zero-order chi connectivity index (χ0) is 12.5. The van der Waals surface area contributed by atoms with E-state index in [4.69, 9.17) is 4.74 Å². The standard InChI is InChI=1S/C15H14N2O/c1-10-7-17-15-4-3-11(6-14(10)15)12-5-13(18-2)9-16-8-12/h3-9,17H,1-2H3. The molecular formula is C15H14N2O. The lowest BCUT2D eigenvalue weighted by atomic mass is 10.0. The lowest BCUT2D eigenvalue weighted by Gasteiger charge is -2.04. The molecule has 0 saturated carbocycles. The summed E-state index contributed by atoms with van der Waals surface area (Å²) < 4.78 is 5.20. The molecule has 3 heteroatoms.